The molecule has 0 aliphatic carbocycles. The maximum absolute atomic E-state index is 9.73. The standard InChI is InChI=1S/C22H22BN5O2/c1-13-18(15-8-5-9-16(23(29)30)19(15)26-13)21-27-17-10-11-24-20(17)22(28-21)25-12-14-6-3-2-4-7-14/h2-9,24,26,29-30H,10-12H2,1H3,(H,25,27,28). The number of fused-ring (bicyclic) bond motifs is 2. The largest absolute Gasteiger partial charge is 0.490 e. The SMILES string of the molecule is Cc1[nH]c2c(B(O)O)cccc2c1-c1nc2c(c(NCc3ccccc3)n1)NCC2. The van der Waals surface area contributed by atoms with Gasteiger partial charge in [0.1, 0.15) is 0 Å². The van der Waals surface area contributed by atoms with E-state index in [1.165, 1.54) is 5.56 Å². The van der Waals surface area contributed by atoms with Crippen LogP contribution in [0.5, 0.6) is 0 Å². The molecular weight excluding hydrogens is 377 g/mol. The Kier molecular flexibility index (Phi) is 4.65. The lowest BCUT2D eigenvalue weighted by Gasteiger charge is -2.13. The van der Waals surface area contributed by atoms with E-state index in [1.807, 2.05) is 37.3 Å². The topological polar surface area (TPSA) is 106 Å². The van der Waals surface area contributed by atoms with E-state index in [9.17, 15) is 10.0 Å². The molecule has 30 heavy (non-hydrogen) atoms. The lowest BCUT2D eigenvalue weighted by molar-refractivity contribution is 0.426. The van der Waals surface area contributed by atoms with Crippen LogP contribution in [0.2, 0.25) is 0 Å². The Bertz CT molecular complexity index is 1220. The third-order valence-corrected chi connectivity index (χ3v) is 5.51. The van der Waals surface area contributed by atoms with Crippen LogP contribution in [-0.2, 0) is 13.0 Å². The fraction of sp³-hybridized carbons (Fsp3) is 0.182. The molecule has 5 rings (SSSR count). The van der Waals surface area contributed by atoms with Gasteiger partial charge in [0.2, 0.25) is 0 Å². The van der Waals surface area contributed by atoms with Gasteiger partial charge in [0.05, 0.1) is 11.4 Å². The maximum atomic E-state index is 9.73. The number of para-hydroxylation sites is 1. The second kappa shape index (κ2) is 7.48. The Hall–Kier alpha value is -3.36. The number of nitrogens with one attached hydrogen (secondary N) is 3. The fourth-order valence-electron chi connectivity index (χ4n) is 4.07. The molecule has 3 heterocycles. The predicted octanol–water partition coefficient (Wildman–Crippen LogP) is 2.19. The minimum Gasteiger partial charge on any atom is -0.423 e. The number of H-pyrrole nitrogens is 1. The zero-order valence-corrected chi connectivity index (χ0v) is 16.6. The van der Waals surface area contributed by atoms with Crippen LogP contribution in [0.3, 0.4) is 0 Å². The zero-order valence-electron chi connectivity index (χ0n) is 16.6. The number of anilines is 2. The van der Waals surface area contributed by atoms with Gasteiger partial charge in [-0.15, -0.1) is 0 Å². The van der Waals surface area contributed by atoms with Crippen molar-refractivity contribution in [2.45, 2.75) is 19.9 Å². The van der Waals surface area contributed by atoms with Crippen molar-refractivity contribution < 1.29 is 10.0 Å². The average molecular weight is 399 g/mol. The van der Waals surface area contributed by atoms with E-state index < -0.39 is 7.12 Å². The van der Waals surface area contributed by atoms with Gasteiger partial charge in [0, 0.05) is 47.1 Å². The molecule has 0 saturated carbocycles. The van der Waals surface area contributed by atoms with Crippen molar-refractivity contribution in [1.82, 2.24) is 15.0 Å². The lowest BCUT2D eigenvalue weighted by atomic mass is 9.79. The number of nitrogens with zero attached hydrogens (tertiary/aromatic N) is 2. The van der Waals surface area contributed by atoms with Crippen LogP contribution >= 0.6 is 0 Å². The summed E-state index contributed by atoms with van der Waals surface area (Å²) in [5.41, 5.74) is 6.02. The smallest absolute Gasteiger partial charge is 0.423 e. The number of benzene rings is 2. The van der Waals surface area contributed by atoms with Gasteiger partial charge in [-0.05, 0) is 12.5 Å². The first-order chi connectivity index (χ1) is 14.6. The Balaban J connectivity index is 1.60. The van der Waals surface area contributed by atoms with Crippen molar-refractivity contribution in [2.24, 2.45) is 0 Å². The van der Waals surface area contributed by atoms with E-state index >= 15 is 0 Å². The molecule has 0 unspecified atom stereocenters. The summed E-state index contributed by atoms with van der Waals surface area (Å²) in [5.74, 6) is 1.41. The van der Waals surface area contributed by atoms with Crippen LogP contribution in [0.4, 0.5) is 11.5 Å². The number of hydrogen-bond acceptors (Lipinski definition) is 6. The molecule has 2 aromatic carbocycles. The Morgan fingerprint density at radius 1 is 1.07 bits per heavy atom. The molecule has 0 saturated heterocycles. The monoisotopic (exact) mass is 399 g/mol. The van der Waals surface area contributed by atoms with Crippen molar-refractivity contribution >= 4 is 35.0 Å². The molecule has 1 aliphatic rings. The van der Waals surface area contributed by atoms with E-state index in [1.54, 1.807) is 6.07 Å². The van der Waals surface area contributed by atoms with E-state index in [2.05, 4.69) is 27.8 Å². The number of aromatic nitrogens is 3. The Morgan fingerprint density at radius 2 is 1.90 bits per heavy atom. The van der Waals surface area contributed by atoms with Gasteiger partial charge in [-0.2, -0.15) is 0 Å². The van der Waals surface area contributed by atoms with Crippen LogP contribution in [0.1, 0.15) is 17.0 Å². The summed E-state index contributed by atoms with van der Waals surface area (Å²) in [4.78, 5) is 13.0. The predicted molar refractivity (Wildman–Crippen MR) is 120 cm³/mol. The van der Waals surface area contributed by atoms with Crippen molar-refractivity contribution in [2.75, 3.05) is 17.2 Å². The van der Waals surface area contributed by atoms with Crippen LogP contribution in [0.25, 0.3) is 22.3 Å². The molecule has 150 valence electrons. The van der Waals surface area contributed by atoms with Gasteiger partial charge in [0.15, 0.2) is 11.6 Å². The second-order valence-electron chi connectivity index (χ2n) is 7.50. The fourth-order valence-corrected chi connectivity index (χ4v) is 4.07. The highest BCUT2D eigenvalue weighted by molar-refractivity contribution is 6.61. The van der Waals surface area contributed by atoms with Gasteiger partial charge in [-0.3, -0.25) is 0 Å². The molecular formula is C22H22BN5O2. The van der Waals surface area contributed by atoms with Crippen molar-refractivity contribution in [3.05, 3.63) is 65.5 Å². The normalized spacial score (nSPS) is 12.6. The highest BCUT2D eigenvalue weighted by Gasteiger charge is 2.24. The van der Waals surface area contributed by atoms with Gasteiger partial charge >= 0.3 is 7.12 Å². The summed E-state index contributed by atoms with van der Waals surface area (Å²) >= 11 is 0. The molecule has 0 fully saturated rings. The maximum Gasteiger partial charge on any atom is 0.490 e. The first-order valence-corrected chi connectivity index (χ1v) is 10.0. The molecule has 4 aromatic rings. The van der Waals surface area contributed by atoms with Crippen LogP contribution in [0.15, 0.2) is 48.5 Å². The summed E-state index contributed by atoms with van der Waals surface area (Å²) in [6, 6.07) is 15.7. The minimum absolute atomic E-state index is 0.437. The van der Waals surface area contributed by atoms with Crippen LogP contribution in [0, 0.1) is 6.92 Å². The Morgan fingerprint density at radius 3 is 2.70 bits per heavy atom. The second-order valence-corrected chi connectivity index (χ2v) is 7.50. The molecule has 5 N–H and O–H groups in total. The molecule has 2 aromatic heterocycles. The molecule has 0 bridgehead atoms. The molecule has 0 spiro atoms. The van der Waals surface area contributed by atoms with Gasteiger partial charge in [0.25, 0.3) is 0 Å². The summed E-state index contributed by atoms with van der Waals surface area (Å²) in [6.07, 6.45) is 0.840. The summed E-state index contributed by atoms with van der Waals surface area (Å²) < 4.78 is 0. The zero-order chi connectivity index (χ0) is 20.7. The van der Waals surface area contributed by atoms with Gasteiger partial charge < -0.3 is 25.7 Å². The average Bonchev–Trinajstić information content (AvgIpc) is 3.35. The summed E-state index contributed by atoms with van der Waals surface area (Å²) in [5, 5.41) is 27.2. The molecule has 7 nitrogen and oxygen atoms in total. The number of aryl methyl sites for hydroxylation is 1. The minimum atomic E-state index is -1.55. The first-order valence-electron chi connectivity index (χ1n) is 10.0. The van der Waals surface area contributed by atoms with Crippen LogP contribution < -0.4 is 16.1 Å². The van der Waals surface area contributed by atoms with Crippen molar-refractivity contribution in [1.29, 1.82) is 0 Å². The quantitative estimate of drug-likeness (QED) is 0.330. The third-order valence-electron chi connectivity index (χ3n) is 5.51. The summed E-state index contributed by atoms with van der Waals surface area (Å²) in [6.45, 7) is 3.45. The van der Waals surface area contributed by atoms with E-state index in [4.69, 9.17) is 9.97 Å². The van der Waals surface area contributed by atoms with Gasteiger partial charge in [-0.25, -0.2) is 9.97 Å². The Labute approximate surface area is 174 Å². The van der Waals surface area contributed by atoms with Crippen LogP contribution in [-0.4, -0.2) is 38.7 Å². The highest BCUT2D eigenvalue weighted by atomic mass is 16.4. The first kappa shape index (κ1) is 18.7. The number of hydrogen-bond donors (Lipinski definition) is 5. The lowest BCUT2D eigenvalue weighted by Crippen LogP contribution is -2.30. The van der Waals surface area contributed by atoms with E-state index in [0.717, 1.165) is 46.8 Å². The molecule has 0 radical (unpaired) electrons. The number of aromatic amines is 1. The van der Waals surface area contributed by atoms with E-state index in [0.29, 0.717) is 23.3 Å². The third kappa shape index (κ3) is 3.20. The molecule has 1 aliphatic heterocycles. The molecule has 0 atom stereocenters. The highest BCUT2D eigenvalue weighted by Crippen LogP contribution is 2.35. The molecule has 8 heteroatoms. The summed E-state index contributed by atoms with van der Waals surface area (Å²) in [7, 11) is -1.55. The van der Waals surface area contributed by atoms with Crippen molar-refractivity contribution in [3.63, 3.8) is 0 Å². The van der Waals surface area contributed by atoms with Crippen molar-refractivity contribution in [3.8, 4) is 11.4 Å². The van der Waals surface area contributed by atoms with E-state index in [-0.39, 0.29) is 0 Å². The van der Waals surface area contributed by atoms with Gasteiger partial charge in [-0.1, -0.05) is 48.5 Å². The number of rotatable bonds is 5. The molecule has 0 amide bonds.